The molecule has 1 aromatic rings. The summed E-state index contributed by atoms with van der Waals surface area (Å²) < 4.78 is 0. The van der Waals surface area contributed by atoms with Crippen LogP contribution >= 0.6 is 11.8 Å². The average molecular weight is 228 g/mol. The fourth-order valence-corrected chi connectivity index (χ4v) is 1.68. The lowest BCUT2D eigenvalue weighted by Crippen LogP contribution is -2.05. The Kier molecular flexibility index (Phi) is 3.93. The maximum atomic E-state index is 10.6. The molecule has 0 amide bonds. The van der Waals surface area contributed by atoms with Crippen LogP contribution in [0.4, 0.5) is 5.69 Å². The van der Waals surface area contributed by atoms with Crippen LogP contribution in [-0.4, -0.2) is 33.0 Å². The first kappa shape index (κ1) is 11.8. The fraction of sp³-hybridized carbons (Fsp3) is 0.333. The van der Waals surface area contributed by atoms with Gasteiger partial charge in [-0.05, 0) is 6.07 Å². The number of aliphatic hydroxyl groups is 1. The minimum absolute atomic E-state index is 0.0181. The van der Waals surface area contributed by atoms with Gasteiger partial charge in [0.1, 0.15) is 5.03 Å². The summed E-state index contributed by atoms with van der Waals surface area (Å²) in [5.74, 6) is -1.05. The number of carboxylic acids is 1. The molecule has 5 nitrogen and oxygen atoms in total. The molecule has 0 aliphatic heterocycles. The van der Waals surface area contributed by atoms with Crippen LogP contribution in [-0.2, 0) is 0 Å². The molecule has 0 radical (unpaired) electrons. The third kappa shape index (κ3) is 3.10. The monoisotopic (exact) mass is 228 g/mol. The van der Waals surface area contributed by atoms with Crippen LogP contribution in [0.2, 0.25) is 0 Å². The standard InChI is InChI=1S/C9H12N2O3S/c1-5(4-12)15-8-7(10)2-6(3-11-8)9(13)14/h2-3,5,12H,4,10H2,1H3,(H,13,14). The topological polar surface area (TPSA) is 96.4 Å². The fourth-order valence-electron chi connectivity index (χ4n) is 0.913. The van der Waals surface area contributed by atoms with Crippen molar-refractivity contribution in [2.24, 2.45) is 0 Å². The summed E-state index contributed by atoms with van der Waals surface area (Å²) in [5, 5.41) is 18.1. The molecule has 0 fully saturated rings. The lowest BCUT2D eigenvalue weighted by atomic mass is 10.3. The van der Waals surface area contributed by atoms with Crippen molar-refractivity contribution in [1.82, 2.24) is 4.98 Å². The first-order chi connectivity index (χ1) is 7.04. The number of carboxylic acid groups (broad SMARTS) is 1. The Labute approximate surface area is 91.3 Å². The molecular weight excluding hydrogens is 216 g/mol. The van der Waals surface area contributed by atoms with Crippen molar-refractivity contribution in [3.05, 3.63) is 17.8 Å². The van der Waals surface area contributed by atoms with E-state index in [1.54, 1.807) is 0 Å². The van der Waals surface area contributed by atoms with Gasteiger partial charge in [-0.2, -0.15) is 0 Å². The number of nitrogens with zero attached hydrogens (tertiary/aromatic N) is 1. The molecule has 0 aliphatic rings. The normalized spacial score (nSPS) is 12.4. The summed E-state index contributed by atoms with van der Waals surface area (Å²) >= 11 is 1.31. The molecule has 1 rings (SSSR count). The van der Waals surface area contributed by atoms with E-state index in [2.05, 4.69) is 4.98 Å². The minimum Gasteiger partial charge on any atom is -0.478 e. The summed E-state index contributed by atoms with van der Waals surface area (Å²) in [6, 6.07) is 1.36. The second-order valence-electron chi connectivity index (χ2n) is 3.03. The van der Waals surface area contributed by atoms with Gasteiger partial charge in [0.2, 0.25) is 0 Å². The number of carbonyl (C=O) groups is 1. The largest absolute Gasteiger partial charge is 0.478 e. The van der Waals surface area contributed by atoms with E-state index >= 15 is 0 Å². The van der Waals surface area contributed by atoms with E-state index in [9.17, 15) is 4.79 Å². The molecule has 0 aromatic carbocycles. The molecule has 1 atom stereocenters. The molecule has 0 bridgehead atoms. The second-order valence-corrected chi connectivity index (χ2v) is 4.46. The summed E-state index contributed by atoms with van der Waals surface area (Å²) in [5.41, 5.74) is 6.02. The Morgan fingerprint density at radius 2 is 2.40 bits per heavy atom. The Morgan fingerprint density at radius 1 is 1.73 bits per heavy atom. The molecule has 0 saturated heterocycles. The van der Waals surface area contributed by atoms with Crippen molar-refractivity contribution in [1.29, 1.82) is 0 Å². The van der Waals surface area contributed by atoms with Gasteiger partial charge in [-0.3, -0.25) is 0 Å². The average Bonchev–Trinajstić information content (AvgIpc) is 2.20. The molecule has 6 heteroatoms. The molecule has 4 N–H and O–H groups in total. The molecule has 1 heterocycles. The molecule has 15 heavy (non-hydrogen) atoms. The number of nitrogen functional groups attached to an aromatic ring is 1. The number of thioether (sulfide) groups is 1. The van der Waals surface area contributed by atoms with E-state index < -0.39 is 5.97 Å². The smallest absolute Gasteiger partial charge is 0.337 e. The van der Waals surface area contributed by atoms with Gasteiger partial charge in [-0.1, -0.05) is 18.7 Å². The van der Waals surface area contributed by atoms with E-state index in [1.807, 2.05) is 6.92 Å². The highest BCUT2D eigenvalue weighted by atomic mass is 32.2. The van der Waals surface area contributed by atoms with Gasteiger partial charge in [-0.15, -0.1) is 0 Å². The predicted octanol–water partition coefficient (Wildman–Crippen LogP) is 0.835. The van der Waals surface area contributed by atoms with E-state index in [0.717, 1.165) is 0 Å². The zero-order chi connectivity index (χ0) is 11.4. The van der Waals surface area contributed by atoms with Gasteiger partial charge in [0.25, 0.3) is 0 Å². The minimum atomic E-state index is -1.05. The van der Waals surface area contributed by atoms with Crippen LogP contribution in [0, 0.1) is 0 Å². The van der Waals surface area contributed by atoms with Crippen molar-refractivity contribution < 1.29 is 15.0 Å². The molecule has 1 unspecified atom stereocenters. The van der Waals surface area contributed by atoms with Gasteiger partial charge in [0, 0.05) is 11.4 Å². The van der Waals surface area contributed by atoms with Gasteiger partial charge in [0.05, 0.1) is 17.9 Å². The highest BCUT2D eigenvalue weighted by molar-refractivity contribution is 8.00. The SMILES string of the molecule is CC(CO)Sc1ncc(C(=O)O)cc1N. The third-order valence-corrected chi connectivity index (χ3v) is 2.81. The number of hydrogen-bond donors (Lipinski definition) is 3. The number of rotatable bonds is 4. The highest BCUT2D eigenvalue weighted by Crippen LogP contribution is 2.26. The second kappa shape index (κ2) is 4.99. The zero-order valence-corrected chi connectivity index (χ0v) is 8.99. The van der Waals surface area contributed by atoms with E-state index in [0.29, 0.717) is 10.7 Å². The number of aromatic carboxylic acids is 1. The van der Waals surface area contributed by atoms with Crippen molar-refractivity contribution in [2.45, 2.75) is 17.2 Å². The predicted molar refractivity (Wildman–Crippen MR) is 58.0 cm³/mol. The van der Waals surface area contributed by atoms with E-state index in [1.165, 1.54) is 24.0 Å². The molecule has 0 saturated carbocycles. The first-order valence-electron chi connectivity index (χ1n) is 4.31. The molecule has 82 valence electrons. The van der Waals surface area contributed by atoms with Crippen LogP contribution in [0.1, 0.15) is 17.3 Å². The number of anilines is 1. The summed E-state index contributed by atoms with van der Waals surface area (Å²) in [6.07, 6.45) is 1.26. The van der Waals surface area contributed by atoms with E-state index in [4.69, 9.17) is 15.9 Å². The Hall–Kier alpha value is -1.27. The summed E-state index contributed by atoms with van der Waals surface area (Å²) in [7, 11) is 0. The number of aromatic nitrogens is 1. The molecule has 0 aliphatic carbocycles. The van der Waals surface area contributed by atoms with Gasteiger partial charge < -0.3 is 15.9 Å². The van der Waals surface area contributed by atoms with Crippen LogP contribution in [0.15, 0.2) is 17.3 Å². The molecule has 1 aromatic heterocycles. The Morgan fingerprint density at radius 3 is 2.87 bits per heavy atom. The van der Waals surface area contributed by atoms with Crippen molar-refractivity contribution in [3.8, 4) is 0 Å². The number of nitrogens with two attached hydrogens (primary N) is 1. The highest BCUT2D eigenvalue weighted by Gasteiger charge is 2.10. The Balaban J connectivity index is 2.88. The van der Waals surface area contributed by atoms with Gasteiger partial charge >= 0.3 is 5.97 Å². The van der Waals surface area contributed by atoms with Crippen LogP contribution in [0.3, 0.4) is 0 Å². The molecular formula is C9H12N2O3S. The maximum Gasteiger partial charge on any atom is 0.337 e. The quantitative estimate of drug-likeness (QED) is 0.661. The van der Waals surface area contributed by atoms with Crippen LogP contribution < -0.4 is 5.73 Å². The lowest BCUT2D eigenvalue weighted by molar-refractivity contribution is 0.0696. The van der Waals surface area contributed by atoms with Crippen molar-refractivity contribution in [2.75, 3.05) is 12.3 Å². The summed E-state index contributed by atoms with van der Waals surface area (Å²) in [6.45, 7) is 1.85. The van der Waals surface area contributed by atoms with Gasteiger partial charge in [-0.25, -0.2) is 9.78 Å². The lowest BCUT2D eigenvalue weighted by Gasteiger charge is -2.09. The zero-order valence-electron chi connectivity index (χ0n) is 8.17. The first-order valence-corrected chi connectivity index (χ1v) is 5.19. The van der Waals surface area contributed by atoms with Crippen molar-refractivity contribution >= 4 is 23.4 Å². The van der Waals surface area contributed by atoms with Gasteiger partial charge in [0.15, 0.2) is 0 Å². The van der Waals surface area contributed by atoms with Crippen molar-refractivity contribution in [3.63, 3.8) is 0 Å². The third-order valence-electron chi connectivity index (χ3n) is 1.70. The number of pyridine rings is 1. The maximum absolute atomic E-state index is 10.6. The summed E-state index contributed by atoms with van der Waals surface area (Å²) in [4.78, 5) is 14.5. The van der Waals surface area contributed by atoms with Crippen LogP contribution in [0.25, 0.3) is 0 Å². The number of aliphatic hydroxyl groups excluding tert-OH is 1. The molecule has 0 spiro atoms. The van der Waals surface area contributed by atoms with E-state index in [-0.39, 0.29) is 17.4 Å². The Bertz CT molecular complexity index is 370. The van der Waals surface area contributed by atoms with Crippen LogP contribution in [0.5, 0.6) is 0 Å². The number of hydrogen-bond acceptors (Lipinski definition) is 5.